The van der Waals surface area contributed by atoms with Crippen LogP contribution in [0.3, 0.4) is 0 Å². The third-order valence-electron chi connectivity index (χ3n) is 20.7. The zero-order valence-electron chi connectivity index (χ0n) is 47.0. The second-order valence-corrected chi connectivity index (χ2v) is 29.6. The van der Waals surface area contributed by atoms with E-state index < -0.39 is 0 Å². The summed E-state index contributed by atoms with van der Waals surface area (Å²) in [5.41, 5.74) is 28.5. The standard InChI is InChI=1S/C70H75BN2S/c1-40-32-51-54(68(10,11)30-28-65(51,4)5)38-57(40)72-59-36-44-42-20-16-18-22-48(42)70(14,15)50(44)37-56(59)71-61-46(34-47-43-21-17-19-23-60(43)74-63(47)62(61)72)45-35-53-55(69(12,13)31-29-67(53,8)9)39-58(45)73(71)41-24-25-49-52(33-41)66(6,7)27-26-64(49,2)3/h16-25,32-39H,26-31H2,1-15H3. The first kappa shape index (κ1) is 46.9. The molecule has 0 saturated heterocycles. The molecule has 0 bridgehead atoms. The highest BCUT2D eigenvalue weighted by Crippen LogP contribution is 2.59. The van der Waals surface area contributed by atoms with Gasteiger partial charge in [0.1, 0.15) is 0 Å². The number of hydrogen-bond donors (Lipinski definition) is 0. The molecule has 0 radical (unpaired) electrons. The highest BCUT2D eigenvalue weighted by molar-refractivity contribution is 7.26. The van der Waals surface area contributed by atoms with Gasteiger partial charge < -0.3 is 9.71 Å². The number of anilines is 5. The van der Waals surface area contributed by atoms with E-state index in [1.165, 1.54) is 170 Å². The number of nitrogens with zero attached hydrogens (tertiary/aromatic N) is 2. The van der Waals surface area contributed by atoms with E-state index in [0.717, 1.165) is 0 Å². The molecule has 0 amide bonds. The molecule has 0 fully saturated rings. The Bertz CT molecular complexity index is 3810. The summed E-state index contributed by atoms with van der Waals surface area (Å²) in [6.07, 6.45) is 7.09. The second-order valence-electron chi connectivity index (χ2n) is 28.5. The minimum atomic E-state index is -0.171. The minimum Gasteiger partial charge on any atom is -0.376 e. The summed E-state index contributed by atoms with van der Waals surface area (Å²) in [5.74, 6) is 0. The summed E-state index contributed by atoms with van der Waals surface area (Å²) in [7, 11) is 0. The molecular formula is C70H75BN2S. The van der Waals surface area contributed by atoms with Crippen LogP contribution in [0.5, 0.6) is 0 Å². The van der Waals surface area contributed by atoms with Crippen LogP contribution in [-0.4, -0.2) is 6.85 Å². The molecule has 4 heteroatoms. The molecule has 0 spiro atoms. The first-order valence-corrected chi connectivity index (χ1v) is 29.0. The van der Waals surface area contributed by atoms with E-state index in [1.807, 2.05) is 11.3 Å². The Morgan fingerprint density at radius 3 is 1.64 bits per heavy atom. The van der Waals surface area contributed by atoms with Crippen molar-refractivity contribution in [3.8, 4) is 22.3 Å². The zero-order chi connectivity index (χ0) is 51.8. The Labute approximate surface area is 446 Å². The zero-order valence-corrected chi connectivity index (χ0v) is 47.8. The molecule has 4 aliphatic carbocycles. The van der Waals surface area contributed by atoms with Crippen molar-refractivity contribution in [2.24, 2.45) is 0 Å². The van der Waals surface area contributed by atoms with Crippen LogP contribution >= 0.6 is 11.3 Å². The summed E-state index contributed by atoms with van der Waals surface area (Å²) in [6.45, 7) is 37.2. The maximum Gasteiger partial charge on any atom is 0.333 e. The maximum absolute atomic E-state index is 2.87. The number of hydrogen-bond acceptors (Lipinski definition) is 3. The third kappa shape index (κ3) is 6.18. The quantitative estimate of drug-likeness (QED) is 0.159. The first-order chi connectivity index (χ1) is 34.8. The number of aryl methyl sites for hydroxylation is 1. The molecule has 0 saturated carbocycles. The molecular weight excluding hydrogens is 912 g/mol. The van der Waals surface area contributed by atoms with E-state index in [-0.39, 0.29) is 44.8 Å². The summed E-state index contributed by atoms with van der Waals surface area (Å²) in [5, 5.41) is 2.72. The van der Waals surface area contributed by atoms with Gasteiger partial charge in [0, 0.05) is 49.2 Å². The van der Waals surface area contributed by atoms with Crippen LogP contribution in [0.4, 0.5) is 28.4 Å². The van der Waals surface area contributed by atoms with Crippen LogP contribution in [0.25, 0.3) is 42.4 Å². The van der Waals surface area contributed by atoms with Crippen LogP contribution in [0.1, 0.15) is 186 Å². The molecule has 8 aromatic rings. The minimum absolute atomic E-state index is 0.0383. The van der Waals surface area contributed by atoms with E-state index in [1.54, 1.807) is 0 Å². The van der Waals surface area contributed by atoms with Crippen molar-refractivity contribution in [2.75, 3.05) is 9.71 Å². The van der Waals surface area contributed by atoms with E-state index in [2.05, 4.69) is 223 Å². The molecule has 0 N–H and O–H groups in total. The average Bonchev–Trinajstić information content (AvgIpc) is 3.89. The van der Waals surface area contributed by atoms with E-state index in [9.17, 15) is 0 Å². The lowest BCUT2D eigenvalue weighted by Gasteiger charge is -2.49. The summed E-state index contributed by atoms with van der Waals surface area (Å²) < 4.78 is 2.73. The van der Waals surface area contributed by atoms with Crippen LogP contribution in [0.2, 0.25) is 0 Å². The van der Waals surface area contributed by atoms with Gasteiger partial charge in [-0.1, -0.05) is 158 Å². The highest BCUT2D eigenvalue weighted by Gasteiger charge is 2.51. The predicted molar refractivity (Wildman–Crippen MR) is 321 cm³/mol. The van der Waals surface area contributed by atoms with Crippen molar-refractivity contribution in [3.63, 3.8) is 0 Å². The highest BCUT2D eigenvalue weighted by atomic mass is 32.1. The van der Waals surface area contributed by atoms with Crippen molar-refractivity contribution in [2.45, 2.75) is 180 Å². The van der Waals surface area contributed by atoms with Crippen LogP contribution < -0.4 is 20.6 Å². The molecule has 3 heterocycles. The number of rotatable bonds is 2. The topological polar surface area (TPSA) is 6.48 Å². The maximum atomic E-state index is 2.87. The molecule has 374 valence electrons. The van der Waals surface area contributed by atoms with E-state index in [4.69, 9.17) is 0 Å². The molecule has 2 aliphatic heterocycles. The SMILES string of the molecule is Cc1cc2c(cc1N1c3cc4c(cc3B3c5c(cc6c(sc7ccccc76)c51)-c1cc5c(cc1N3c1ccc3c(c1)C(C)(C)CCC3(C)C)C(C)(C)CCC5(C)C)C(C)(C)c1ccccc1-4)C(C)(C)CCC2(C)C. The molecule has 1 aromatic heterocycles. The van der Waals surface area contributed by atoms with Gasteiger partial charge in [0.15, 0.2) is 0 Å². The van der Waals surface area contributed by atoms with Gasteiger partial charge in [-0.15, -0.1) is 11.3 Å². The van der Waals surface area contributed by atoms with Gasteiger partial charge in [-0.25, -0.2) is 0 Å². The number of thiophene rings is 1. The normalized spacial score (nSPS) is 21.0. The predicted octanol–water partition coefficient (Wildman–Crippen LogP) is 18.4. The van der Waals surface area contributed by atoms with Crippen molar-refractivity contribution in [3.05, 3.63) is 159 Å². The number of fused-ring (bicyclic) bond motifs is 14. The Hall–Kier alpha value is -5.58. The van der Waals surface area contributed by atoms with Gasteiger partial charge in [0.2, 0.25) is 0 Å². The van der Waals surface area contributed by atoms with Gasteiger partial charge in [-0.05, 0) is 204 Å². The monoisotopic (exact) mass is 987 g/mol. The Morgan fingerprint density at radius 2 is 0.973 bits per heavy atom. The lowest BCUT2D eigenvalue weighted by molar-refractivity contribution is 0.332. The molecule has 2 nitrogen and oxygen atoms in total. The van der Waals surface area contributed by atoms with Gasteiger partial charge in [-0.2, -0.15) is 0 Å². The smallest absolute Gasteiger partial charge is 0.333 e. The largest absolute Gasteiger partial charge is 0.376 e. The van der Waals surface area contributed by atoms with Gasteiger partial charge >= 0.3 is 6.85 Å². The molecule has 0 unspecified atom stereocenters. The van der Waals surface area contributed by atoms with Gasteiger partial charge in [0.25, 0.3) is 0 Å². The van der Waals surface area contributed by atoms with Crippen molar-refractivity contribution >= 4 is 77.7 Å². The summed E-state index contributed by atoms with van der Waals surface area (Å²) >= 11 is 2.00. The lowest BCUT2D eigenvalue weighted by atomic mass is 9.42. The fraction of sp³-hybridized carbons (Fsp3) is 0.400. The third-order valence-corrected chi connectivity index (χ3v) is 21.9. The second kappa shape index (κ2) is 14.7. The molecule has 74 heavy (non-hydrogen) atoms. The van der Waals surface area contributed by atoms with E-state index in [0.29, 0.717) is 0 Å². The van der Waals surface area contributed by atoms with Crippen LogP contribution in [0.15, 0.2) is 109 Å². The van der Waals surface area contributed by atoms with Crippen LogP contribution in [-0.2, 0) is 37.9 Å². The van der Waals surface area contributed by atoms with Crippen molar-refractivity contribution in [1.29, 1.82) is 0 Å². The van der Waals surface area contributed by atoms with Crippen molar-refractivity contribution in [1.82, 2.24) is 0 Å². The molecule has 0 atom stereocenters. The van der Waals surface area contributed by atoms with Crippen LogP contribution in [0, 0.1) is 6.92 Å². The van der Waals surface area contributed by atoms with Gasteiger partial charge in [-0.3, -0.25) is 0 Å². The van der Waals surface area contributed by atoms with Crippen molar-refractivity contribution < 1.29 is 0 Å². The number of benzene rings is 7. The average molecular weight is 987 g/mol. The van der Waals surface area contributed by atoms with Gasteiger partial charge in [0.05, 0.1) is 10.4 Å². The molecule has 6 aliphatic rings. The lowest BCUT2D eigenvalue weighted by Crippen LogP contribution is -2.62. The van der Waals surface area contributed by atoms with E-state index >= 15 is 0 Å². The molecule has 7 aromatic carbocycles. The summed E-state index contributed by atoms with van der Waals surface area (Å²) in [4.78, 5) is 5.69. The summed E-state index contributed by atoms with van der Waals surface area (Å²) in [6, 6.07) is 45.0. The Kier molecular flexibility index (Phi) is 9.30. The Morgan fingerprint density at radius 1 is 0.419 bits per heavy atom. The Balaban J connectivity index is 1.18. The first-order valence-electron chi connectivity index (χ1n) is 28.2. The molecule has 14 rings (SSSR count). The fourth-order valence-electron chi connectivity index (χ4n) is 15.7. The fourth-order valence-corrected chi connectivity index (χ4v) is 16.9.